The Balaban J connectivity index is 2.50. The highest BCUT2D eigenvalue weighted by atomic mass is 16.5. The lowest BCUT2D eigenvalue weighted by Gasteiger charge is -2.08. The lowest BCUT2D eigenvalue weighted by Crippen LogP contribution is -2.04. The van der Waals surface area contributed by atoms with Gasteiger partial charge in [-0.15, -0.1) is 0 Å². The summed E-state index contributed by atoms with van der Waals surface area (Å²) in [6.45, 7) is 2.40. The van der Waals surface area contributed by atoms with E-state index in [0.29, 0.717) is 18.2 Å². The molecule has 1 aromatic carbocycles. The second-order valence-electron chi connectivity index (χ2n) is 3.75. The topological polar surface area (TPSA) is 61.0 Å². The molecule has 0 radical (unpaired) electrons. The van der Waals surface area contributed by atoms with E-state index in [1.54, 1.807) is 13.3 Å². The van der Waals surface area contributed by atoms with Gasteiger partial charge in [-0.3, -0.25) is 0 Å². The zero-order valence-electron chi connectivity index (χ0n) is 9.97. The molecule has 2 aromatic rings. The van der Waals surface area contributed by atoms with Gasteiger partial charge < -0.3 is 10.5 Å². The van der Waals surface area contributed by atoms with Crippen LogP contribution in [0.25, 0.3) is 11.4 Å². The van der Waals surface area contributed by atoms with Crippen molar-refractivity contribution in [2.24, 2.45) is 5.73 Å². The summed E-state index contributed by atoms with van der Waals surface area (Å²) in [5.41, 5.74) is 8.54. The van der Waals surface area contributed by atoms with Gasteiger partial charge in [0, 0.05) is 23.9 Å². The first kappa shape index (κ1) is 11.5. The van der Waals surface area contributed by atoms with E-state index in [4.69, 9.17) is 10.5 Å². The molecule has 88 valence electrons. The van der Waals surface area contributed by atoms with Crippen molar-refractivity contribution in [3.05, 3.63) is 41.6 Å². The number of nitrogens with zero attached hydrogens (tertiary/aromatic N) is 2. The molecule has 4 heteroatoms. The van der Waals surface area contributed by atoms with Crippen LogP contribution in [0.15, 0.2) is 30.5 Å². The van der Waals surface area contributed by atoms with Crippen LogP contribution in [0.2, 0.25) is 0 Å². The van der Waals surface area contributed by atoms with Gasteiger partial charge in [-0.05, 0) is 12.5 Å². The fraction of sp³-hybridized carbons (Fsp3) is 0.231. The molecule has 0 bridgehead atoms. The highest BCUT2D eigenvalue weighted by Crippen LogP contribution is 2.22. The van der Waals surface area contributed by atoms with Crippen LogP contribution < -0.4 is 10.5 Å². The Kier molecular flexibility index (Phi) is 3.35. The number of aromatic nitrogens is 2. The predicted octanol–water partition coefficient (Wildman–Crippen LogP) is 1.92. The van der Waals surface area contributed by atoms with Crippen LogP contribution in [0.4, 0.5) is 0 Å². The third-order valence-corrected chi connectivity index (χ3v) is 2.62. The third-order valence-electron chi connectivity index (χ3n) is 2.62. The SMILES string of the molecule is COc1nc(-c2ccccc2C)ncc1CN. The Labute approximate surface area is 100 Å². The summed E-state index contributed by atoms with van der Waals surface area (Å²) in [6, 6.07) is 7.98. The minimum Gasteiger partial charge on any atom is -0.481 e. The van der Waals surface area contributed by atoms with Crippen LogP contribution in [-0.4, -0.2) is 17.1 Å². The number of hydrogen-bond acceptors (Lipinski definition) is 4. The summed E-state index contributed by atoms with van der Waals surface area (Å²) in [6.07, 6.45) is 1.72. The van der Waals surface area contributed by atoms with E-state index in [1.165, 1.54) is 0 Å². The molecule has 2 rings (SSSR count). The molecule has 0 saturated carbocycles. The molecule has 1 heterocycles. The van der Waals surface area contributed by atoms with Crippen LogP contribution in [0, 0.1) is 6.92 Å². The lowest BCUT2D eigenvalue weighted by atomic mass is 10.1. The van der Waals surface area contributed by atoms with Gasteiger partial charge in [0.1, 0.15) is 0 Å². The van der Waals surface area contributed by atoms with Gasteiger partial charge in [-0.25, -0.2) is 4.98 Å². The first-order chi connectivity index (χ1) is 8.26. The quantitative estimate of drug-likeness (QED) is 0.873. The van der Waals surface area contributed by atoms with Gasteiger partial charge in [0.2, 0.25) is 5.88 Å². The van der Waals surface area contributed by atoms with Crippen molar-refractivity contribution in [2.45, 2.75) is 13.5 Å². The molecule has 0 unspecified atom stereocenters. The Morgan fingerprint density at radius 2 is 2.06 bits per heavy atom. The maximum Gasteiger partial charge on any atom is 0.221 e. The van der Waals surface area contributed by atoms with Crippen LogP contribution in [-0.2, 0) is 6.54 Å². The number of nitrogens with two attached hydrogens (primary N) is 1. The summed E-state index contributed by atoms with van der Waals surface area (Å²) >= 11 is 0. The Bertz CT molecular complexity index is 526. The zero-order chi connectivity index (χ0) is 12.3. The van der Waals surface area contributed by atoms with Crippen molar-refractivity contribution in [3.8, 4) is 17.3 Å². The van der Waals surface area contributed by atoms with Crippen molar-refractivity contribution < 1.29 is 4.74 Å². The number of hydrogen-bond donors (Lipinski definition) is 1. The number of ether oxygens (including phenoxy) is 1. The smallest absolute Gasteiger partial charge is 0.221 e. The van der Waals surface area contributed by atoms with Gasteiger partial charge in [0.15, 0.2) is 5.82 Å². The summed E-state index contributed by atoms with van der Waals surface area (Å²) in [5.74, 6) is 1.21. The van der Waals surface area contributed by atoms with E-state index >= 15 is 0 Å². The second kappa shape index (κ2) is 4.93. The molecule has 2 N–H and O–H groups in total. The molecule has 1 aromatic heterocycles. The number of aryl methyl sites for hydroxylation is 1. The molecule has 0 aliphatic rings. The van der Waals surface area contributed by atoms with Gasteiger partial charge >= 0.3 is 0 Å². The van der Waals surface area contributed by atoms with Gasteiger partial charge in [0.05, 0.1) is 7.11 Å². The summed E-state index contributed by atoms with van der Waals surface area (Å²) in [4.78, 5) is 8.70. The zero-order valence-corrected chi connectivity index (χ0v) is 9.97. The fourth-order valence-electron chi connectivity index (χ4n) is 1.66. The minimum atomic E-state index is 0.372. The van der Waals surface area contributed by atoms with Crippen LogP contribution in [0.1, 0.15) is 11.1 Å². The maximum absolute atomic E-state index is 5.58. The third kappa shape index (κ3) is 2.26. The number of benzene rings is 1. The molecule has 0 spiro atoms. The monoisotopic (exact) mass is 229 g/mol. The van der Waals surface area contributed by atoms with Gasteiger partial charge in [-0.1, -0.05) is 24.3 Å². The first-order valence-corrected chi connectivity index (χ1v) is 5.42. The number of rotatable bonds is 3. The molecular formula is C13H15N3O. The van der Waals surface area contributed by atoms with Crippen molar-refractivity contribution in [1.82, 2.24) is 9.97 Å². The molecule has 0 amide bonds. The summed E-state index contributed by atoms with van der Waals surface area (Å²) < 4.78 is 5.21. The number of methoxy groups -OCH3 is 1. The maximum atomic E-state index is 5.58. The summed E-state index contributed by atoms with van der Waals surface area (Å²) in [5, 5.41) is 0. The Morgan fingerprint density at radius 3 is 2.71 bits per heavy atom. The average Bonchev–Trinajstić information content (AvgIpc) is 2.38. The van der Waals surface area contributed by atoms with Crippen LogP contribution in [0.5, 0.6) is 5.88 Å². The van der Waals surface area contributed by atoms with Crippen LogP contribution in [0.3, 0.4) is 0 Å². The highest BCUT2D eigenvalue weighted by molar-refractivity contribution is 5.60. The van der Waals surface area contributed by atoms with E-state index in [2.05, 4.69) is 9.97 Å². The Hall–Kier alpha value is -1.94. The fourth-order valence-corrected chi connectivity index (χ4v) is 1.66. The summed E-state index contributed by atoms with van der Waals surface area (Å²) in [7, 11) is 1.59. The van der Waals surface area contributed by atoms with E-state index in [9.17, 15) is 0 Å². The minimum absolute atomic E-state index is 0.372. The molecule has 4 nitrogen and oxygen atoms in total. The van der Waals surface area contributed by atoms with Crippen molar-refractivity contribution in [2.75, 3.05) is 7.11 Å². The van der Waals surface area contributed by atoms with Gasteiger partial charge in [0.25, 0.3) is 0 Å². The van der Waals surface area contributed by atoms with E-state index in [0.717, 1.165) is 16.7 Å². The lowest BCUT2D eigenvalue weighted by molar-refractivity contribution is 0.392. The predicted molar refractivity (Wildman–Crippen MR) is 66.6 cm³/mol. The Morgan fingerprint density at radius 1 is 1.29 bits per heavy atom. The molecule has 17 heavy (non-hydrogen) atoms. The van der Waals surface area contributed by atoms with Crippen molar-refractivity contribution in [1.29, 1.82) is 0 Å². The van der Waals surface area contributed by atoms with E-state index < -0.39 is 0 Å². The van der Waals surface area contributed by atoms with Crippen molar-refractivity contribution in [3.63, 3.8) is 0 Å². The molecule has 0 atom stereocenters. The first-order valence-electron chi connectivity index (χ1n) is 5.42. The van der Waals surface area contributed by atoms with Crippen LogP contribution >= 0.6 is 0 Å². The van der Waals surface area contributed by atoms with Crippen molar-refractivity contribution >= 4 is 0 Å². The molecule has 0 aliphatic heterocycles. The van der Waals surface area contributed by atoms with E-state index in [-0.39, 0.29) is 0 Å². The van der Waals surface area contributed by atoms with Gasteiger partial charge in [-0.2, -0.15) is 4.98 Å². The molecular weight excluding hydrogens is 214 g/mol. The van der Waals surface area contributed by atoms with E-state index in [1.807, 2.05) is 31.2 Å². The normalized spacial score (nSPS) is 10.3. The second-order valence-corrected chi connectivity index (χ2v) is 3.75. The molecule has 0 saturated heterocycles. The molecule has 0 fully saturated rings. The largest absolute Gasteiger partial charge is 0.481 e. The standard InChI is InChI=1S/C13H15N3O/c1-9-5-3-4-6-11(9)12-15-8-10(7-14)13(16-12)17-2/h3-6,8H,7,14H2,1-2H3. The molecule has 0 aliphatic carbocycles. The highest BCUT2D eigenvalue weighted by Gasteiger charge is 2.09. The average molecular weight is 229 g/mol.